The minimum Gasteiger partial charge on any atom is -0.291 e. The van der Waals surface area contributed by atoms with E-state index in [4.69, 9.17) is 0 Å². The number of carbonyl (C=O) groups is 1. The van der Waals surface area contributed by atoms with Gasteiger partial charge in [-0.1, -0.05) is 20.3 Å². The maximum Gasteiger partial charge on any atom is 0.200 e. The van der Waals surface area contributed by atoms with Crippen LogP contribution in [-0.4, -0.2) is 39.1 Å². The lowest BCUT2D eigenvalue weighted by atomic mass is 9.87. The first kappa shape index (κ1) is 15.2. The van der Waals surface area contributed by atoms with Crippen LogP contribution in [0, 0.1) is 0 Å². The second kappa shape index (κ2) is 6.53. The van der Waals surface area contributed by atoms with E-state index in [0.717, 1.165) is 38.2 Å². The van der Waals surface area contributed by atoms with Crippen LogP contribution in [0.1, 0.15) is 63.4 Å². The minimum atomic E-state index is -0.383. The molecule has 20 heavy (non-hydrogen) atoms. The van der Waals surface area contributed by atoms with E-state index in [1.165, 1.54) is 19.3 Å². The van der Waals surface area contributed by atoms with E-state index in [1.807, 2.05) is 10.7 Å². The van der Waals surface area contributed by atoms with E-state index in [-0.39, 0.29) is 11.3 Å². The van der Waals surface area contributed by atoms with Crippen molar-refractivity contribution >= 4 is 5.78 Å². The Bertz CT molecular complexity index is 448. The van der Waals surface area contributed by atoms with Crippen molar-refractivity contribution in [2.75, 3.05) is 13.1 Å². The summed E-state index contributed by atoms with van der Waals surface area (Å²) in [7, 11) is 0. The van der Waals surface area contributed by atoms with Crippen molar-refractivity contribution in [3.05, 3.63) is 18.0 Å². The fourth-order valence-electron chi connectivity index (χ4n) is 3.11. The van der Waals surface area contributed by atoms with Crippen LogP contribution in [0.15, 0.2) is 12.3 Å². The van der Waals surface area contributed by atoms with Crippen molar-refractivity contribution in [3.8, 4) is 0 Å². The van der Waals surface area contributed by atoms with E-state index in [2.05, 4.69) is 30.8 Å². The molecular formula is C16H27N3O. The summed E-state index contributed by atoms with van der Waals surface area (Å²) in [6, 6.07) is 1.87. The fraction of sp³-hybridized carbons (Fsp3) is 0.750. The van der Waals surface area contributed by atoms with Crippen LogP contribution in [0.5, 0.6) is 0 Å². The Labute approximate surface area is 122 Å². The van der Waals surface area contributed by atoms with E-state index < -0.39 is 0 Å². The monoisotopic (exact) mass is 277 g/mol. The van der Waals surface area contributed by atoms with Gasteiger partial charge in [0.15, 0.2) is 0 Å². The summed E-state index contributed by atoms with van der Waals surface area (Å²) in [5.41, 5.74) is 0.383. The van der Waals surface area contributed by atoms with Gasteiger partial charge >= 0.3 is 0 Å². The van der Waals surface area contributed by atoms with E-state index in [9.17, 15) is 4.79 Å². The fourth-order valence-corrected chi connectivity index (χ4v) is 3.11. The van der Waals surface area contributed by atoms with Crippen LogP contribution in [0.3, 0.4) is 0 Å². The van der Waals surface area contributed by atoms with Crippen LogP contribution in [-0.2, 0) is 6.54 Å². The normalized spacial score (nSPS) is 19.8. The molecular weight excluding hydrogens is 250 g/mol. The lowest BCUT2D eigenvalue weighted by molar-refractivity contribution is 0.0494. The molecule has 1 fully saturated rings. The molecule has 0 N–H and O–H groups in total. The lowest BCUT2D eigenvalue weighted by Crippen LogP contribution is -2.54. The molecule has 1 saturated heterocycles. The molecule has 0 saturated carbocycles. The lowest BCUT2D eigenvalue weighted by Gasteiger charge is -2.41. The topological polar surface area (TPSA) is 38.1 Å². The number of aryl methyl sites for hydroxylation is 1. The third kappa shape index (κ3) is 2.80. The molecule has 2 heterocycles. The summed E-state index contributed by atoms with van der Waals surface area (Å²) >= 11 is 0. The zero-order valence-electron chi connectivity index (χ0n) is 13.1. The number of hydrogen-bond acceptors (Lipinski definition) is 3. The summed E-state index contributed by atoms with van der Waals surface area (Å²) in [6.45, 7) is 9.22. The van der Waals surface area contributed by atoms with Crippen LogP contribution in [0.25, 0.3) is 0 Å². The number of aromatic nitrogens is 2. The Morgan fingerprint density at radius 3 is 2.60 bits per heavy atom. The van der Waals surface area contributed by atoms with Gasteiger partial charge in [-0.2, -0.15) is 5.10 Å². The third-order valence-corrected chi connectivity index (χ3v) is 4.62. The van der Waals surface area contributed by atoms with Gasteiger partial charge in [0, 0.05) is 12.7 Å². The van der Waals surface area contributed by atoms with Crippen molar-refractivity contribution < 1.29 is 4.79 Å². The Morgan fingerprint density at radius 2 is 2.00 bits per heavy atom. The molecule has 2 rings (SSSR count). The largest absolute Gasteiger partial charge is 0.291 e. The van der Waals surface area contributed by atoms with Crippen molar-refractivity contribution in [3.63, 3.8) is 0 Å². The number of ketones is 1. The maximum absolute atomic E-state index is 13.1. The first-order valence-corrected chi connectivity index (χ1v) is 7.95. The minimum absolute atomic E-state index is 0.229. The third-order valence-electron chi connectivity index (χ3n) is 4.62. The summed E-state index contributed by atoms with van der Waals surface area (Å²) in [5.74, 6) is 0.229. The molecule has 1 aromatic heterocycles. The number of carbonyl (C=O) groups excluding carboxylic acids is 1. The van der Waals surface area contributed by atoms with Crippen LogP contribution >= 0.6 is 0 Å². The smallest absolute Gasteiger partial charge is 0.200 e. The maximum atomic E-state index is 13.1. The van der Waals surface area contributed by atoms with Gasteiger partial charge in [-0.25, -0.2) is 0 Å². The number of piperidine rings is 1. The molecule has 1 aromatic rings. The second-order valence-electron chi connectivity index (χ2n) is 5.94. The standard InChI is InChI=1S/C16H27N3O/c1-4-11-19-14(9-10-17-19)15(20)16(3,5-2)18-12-7-6-8-13-18/h9-10H,4-8,11-13H2,1-3H3. The van der Waals surface area contributed by atoms with Crippen LogP contribution < -0.4 is 0 Å². The van der Waals surface area contributed by atoms with Gasteiger partial charge in [0.25, 0.3) is 0 Å². The van der Waals surface area contributed by atoms with E-state index in [1.54, 1.807) is 6.20 Å². The zero-order chi connectivity index (χ0) is 14.6. The molecule has 4 nitrogen and oxygen atoms in total. The van der Waals surface area contributed by atoms with Gasteiger partial charge in [-0.3, -0.25) is 14.4 Å². The Hall–Kier alpha value is -1.16. The first-order chi connectivity index (χ1) is 9.63. The zero-order valence-corrected chi connectivity index (χ0v) is 13.1. The van der Waals surface area contributed by atoms with Gasteiger partial charge in [0.1, 0.15) is 5.69 Å². The van der Waals surface area contributed by atoms with Gasteiger partial charge in [-0.05, 0) is 51.8 Å². The molecule has 0 amide bonds. The second-order valence-corrected chi connectivity index (χ2v) is 5.94. The SMILES string of the molecule is CCCn1nccc1C(=O)C(C)(CC)N1CCCCC1. The van der Waals surface area contributed by atoms with E-state index in [0.29, 0.717) is 0 Å². The number of hydrogen-bond donors (Lipinski definition) is 0. The van der Waals surface area contributed by atoms with Crippen molar-refractivity contribution in [1.82, 2.24) is 14.7 Å². The van der Waals surface area contributed by atoms with Gasteiger partial charge < -0.3 is 0 Å². The highest BCUT2D eigenvalue weighted by molar-refractivity contribution is 6.01. The van der Waals surface area contributed by atoms with Gasteiger partial charge in [0.05, 0.1) is 5.54 Å². The van der Waals surface area contributed by atoms with Gasteiger partial charge in [0.2, 0.25) is 5.78 Å². The van der Waals surface area contributed by atoms with Crippen molar-refractivity contribution in [2.45, 2.75) is 65.0 Å². The Kier molecular flexibility index (Phi) is 4.97. The molecule has 4 heteroatoms. The average molecular weight is 277 g/mol. The highest BCUT2D eigenvalue weighted by Gasteiger charge is 2.39. The van der Waals surface area contributed by atoms with Crippen molar-refractivity contribution in [2.24, 2.45) is 0 Å². The molecule has 1 unspecified atom stereocenters. The van der Waals surface area contributed by atoms with Crippen LogP contribution in [0.2, 0.25) is 0 Å². The highest BCUT2D eigenvalue weighted by Crippen LogP contribution is 2.28. The average Bonchev–Trinajstić information content (AvgIpc) is 2.95. The number of Topliss-reactive ketones (excluding diaryl/α,β-unsaturated/α-hetero) is 1. The Balaban J connectivity index is 2.25. The molecule has 0 aromatic carbocycles. The molecule has 0 spiro atoms. The quantitative estimate of drug-likeness (QED) is 0.750. The number of rotatable bonds is 6. The molecule has 0 aliphatic carbocycles. The summed E-state index contributed by atoms with van der Waals surface area (Å²) < 4.78 is 1.86. The van der Waals surface area contributed by atoms with Crippen LogP contribution in [0.4, 0.5) is 0 Å². The summed E-state index contributed by atoms with van der Waals surface area (Å²) in [6.07, 6.45) is 7.29. The molecule has 1 aliphatic heterocycles. The summed E-state index contributed by atoms with van der Waals surface area (Å²) in [5, 5.41) is 4.30. The number of nitrogens with zero attached hydrogens (tertiary/aromatic N) is 3. The van der Waals surface area contributed by atoms with Gasteiger partial charge in [-0.15, -0.1) is 0 Å². The molecule has 112 valence electrons. The highest BCUT2D eigenvalue weighted by atomic mass is 16.1. The summed E-state index contributed by atoms with van der Waals surface area (Å²) in [4.78, 5) is 15.4. The Morgan fingerprint density at radius 1 is 1.30 bits per heavy atom. The molecule has 0 bridgehead atoms. The predicted octanol–water partition coefficient (Wildman–Crippen LogP) is 3.13. The first-order valence-electron chi connectivity index (χ1n) is 7.95. The predicted molar refractivity (Wildman–Crippen MR) is 81.0 cm³/mol. The molecule has 1 aliphatic rings. The van der Waals surface area contributed by atoms with E-state index >= 15 is 0 Å². The molecule has 0 radical (unpaired) electrons. The van der Waals surface area contributed by atoms with Crippen molar-refractivity contribution in [1.29, 1.82) is 0 Å². The molecule has 1 atom stereocenters. The number of likely N-dealkylation sites (tertiary alicyclic amines) is 1.